The number of nitrogens with one attached hydrogen (secondary N) is 1. The van der Waals surface area contributed by atoms with Crippen molar-refractivity contribution in [3.63, 3.8) is 0 Å². The molecule has 0 saturated carbocycles. The summed E-state index contributed by atoms with van der Waals surface area (Å²) in [5.74, 6) is 0. The van der Waals surface area contributed by atoms with Crippen molar-refractivity contribution in [1.82, 2.24) is 20.0 Å². The topological polar surface area (TPSA) is 33.1 Å². The van der Waals surface area contributed by atoms with Crippen molar-refractivity contribution in [2.45, 2.75) is 52.7 Å². The lowest BCUT2D eigenvalue weighted by atomic mass is 10.0. The van der Waals surface area contributed by atoms with Crippen molar-refractivity contribution in [3.05, 3.63) is 47.3 Å². The summed E-state index contributed by atoms with van der Waals surface area (Å²) in [5, 5.41) is 8.49. The Morgan fingerprint density at radius 3 is 2.70 bits per heavy atom. The summed E-state index contributed by atoms with van der Waals surface area (Å²) in [5.41, 5.74) is 5.20. The summed E-state index contributed by atoms with van der Waals surface area (Å²) in [6, 6.07) is 11.0. The summed E-state index contributed by atoms with van der Waals surface area (Å²) >= 11 is 0. The minimum atomic E-state index is 0.475. The standard InChI is InChI=1S/C19H28N4/c1-4-11-22-12-10-19-17(14-22)18(13-20-15(2)3)21-23(19)16-8-6-5-7-9-16/h5-9,15,20H,4,10-14H2,1-3H3. The van der Waals surface area contributed by atoms with E-state index in [2.05, 4.69) is 66.0 Å². The SMILES string of the molecule is CCCN1CCc2c(c(CNC(C)C)nn2-c2ccccc2)C1. The molecule has 1 aromatic carbocycles. The molecule has 0 atom stereocenters. The number of rotatable bonds is 6. The molecule has 1 aromatic heterocycles. The second-order valence-corrected chi connectivity index (χ2v) is 6.68. The van der Waals surface area contributed by atoms with Gasteiger partial charge in [0.25, 0.3) is 0 Å². The van der Waals surface area contributed by atoms with Crippen LogP contribution in [0.25, 0.3) is 5.69 Å². The van der Waals surface area contributed by atoms with Gasteiger partial charge in [-0.25, -0.2) is 4.68 Å². The Kier molecular flexibility index (Phi) is 5.13. The Bertz CT molecular complexity index is 630. The van der Waals surface area contributed by atoms with Crippen LogP contribution in [0.1, 0.15) is 44.1 Å². The molecule has 1 aliphatic rings. The molecule has 0 fully saturated rings. The van der Waals surface area contributed by atoms with Crippen LogP contribution in [0.4, 0.5) is 0 Å². The number of nitrogens with zero attached hydrogens (tertiary/aromatic N) is 3. The van der Waals surface area contributed by atoms with Gasteiger partial charge in [-0.05, 0) is 25.1 Å². The van der Waals surface area contributed by atoms with E-state index in [1.807, 2.05) is 0 Å². The van der Waals surface area contributed by atoms with Crippen molar-refractivity contribution in [2.75, 3.05) is 13.1 Å². The molecule has 124 valence electrons. The van der Waals surface area contributed by atoms with Gasteiger partial charge in [-0.3, -0.25) is 4.90 Å². The Morgan fingerprint density at radius 1 is 1.22 bits per heavy atom. The molecule has 2 aromatic rings. The summed E-state index contributed by atoms with van der Waals surface area (Å²) in [6.07, 6.45) is 2.29. The van der Waals surface area contributed by atoms with Crippen molar-refractivity contribution in [1.29, 1.82) is 0 Å². The maximum Gasteiger partial charge on any atom is 0.0814 e. The van der Waals surface area contributed by atoms with Crippen LogP contribution in [-0.2, 0) is 19.5 Å². The highest BCUT2D eigenvalue weighted by Crippen LogP contribution is 2.25. The van der Waals surface area contributed by atoms with Crippen LogP contribution < -0.4 is 5.32 Å². The van der Waals surface area contributed by atoms with E-state index in [0.717, 1.165) is 26.1 Å². The smallest absolute Gasteiger partial charge is 0.0814 e. The molecule has 0 saturated heterocycles. The molecule has 2 heterocycles. The maximum absolute atomic E-state index is 4.96. The first-order valence-electron chi connectivity index (χ1n) is 8.79. The van der Waals surface area contributed by atoms with Gasteiger partial charge in [0.2, 0.25) is 0 Å². The molecule has 1 N–H and O–H groups in total. The molecule has 0 unspecified atom stereocenters. The van der Waals surface area contributed by atoms with Gasteiger partial charge in [-0.1, -0.05) is 39.0 Å². The zero-order valence-corrected chi connectivity index (χ0v) is 14.5. The molecule has 4 heteroatoms. The van der Waals surface area contributed by atoms with E-state index < -0.39 is 0 Å². The van der Waals surface area contributed by atoms with Crippen molar-refractivity contribution >= 4 is 0 Å². The van der Waals surface area contributed by atoms with Gasteiger partial charge in [0.1, 0.15) is 0 Å². The second kappa shape index (κ2) is 7.28. The number of hydrogen-bond acceptors (Lipinski definition) is 3. The molecule has 3 rings (SSSR count). The van der Waals surface area contributed by atoms with E-state index in [-0.39, 0.29) is 0 Å². The van der Waals surface area contributed by atoms with Crippen LogP contribution in [0.2, 0.25) is 0 Å². The maximum atomic E-state index is 4.96. The highest BCUT2D eigenvalue weighted by atomic mass is 15.3. The Morgan fingerprint density at radius 2 is 2.00 bits per heavy atom. The first-order chi connectivity index (χ1) is 11.2. The summed E-state index contributed by atoms with van der Waals surface area (Å²) in [7, 11) is 0. The lowest BCUT2D eigenvalue weighted by Crippen LogP contribution is -2.32. The molecule has 0 spiro atoms. The van der Waals surface area contributed by atoms with Crippen LogP contribution in [0.3, 0.4) is 0 Å². The molecule has 23 heavy (non-hydrogen) atoms. The third-order valence-corrected chi connectivity index (χ3v) is 4.44. The summed E-state index contributed by atoms with van der Waals surface area (Å²) < 4.78 is 2.16. The largest absolute Gasteiger partial charge is 0.309 e. The second-order valence-electron chi connectivity index (χ2n) is 6.68. The van der Waals surface area contributed by atoms with Crippen molar-refractivity contribution in [2.24, 2.45) is 0 Å². The van der Waals surface area contributed by atoms with Crippen LogP contribution in [-0.4, -0.2) is 33.8 Å². The molecule has 1 aliphatic heterocycles. The Balaban J connectivity index is 1.94. The van der Waals surface area contributed by atoms with Gasteiger partial charge in [-0.2, -0.15) is 5.10 Å². The Hall–Kier alpha value is -1.65. The van der Waals surface area contributed by atoms with Crippen LogP contribution in [0.15, 0.2) is 30.3 Å². The van der Waals surface area contributed by atoms with Crippen LogP contribution >= 0.6 is 0 Å². The normalized spacial score (nSPS) is 15.1. The fourth-order valence-electron chi connectivity index (χ4n) is 3.27. The van der Waals surface area contributed by atoms with Gasteiger partial charge in [0, 0.05) is 37.7 Å². The first-order valence-corrected chi connectivity index (χ1v) is 8.79. The van der Waals surface area contributed by atoms with Gasteiger partial charge in [-0.15, -0.1) is 0 Å². The van der Waals surface area contributed by atoms with E-state index in [1.165, 1.54) is 35.6 Å². The predicted molar refractivity (Wildman–Crippen MR) is 94.8 cm³/mol. The highest BCUT2D eigenvalue weighted by molar-refractivity contribution is 5.39. The summed E-state index contributed by atoms with van der Waals surface area (Å²) in [6.45, 7) is 10.8. The number of hydrogen-bond donors (Lipinski definition) is 1. The number of fused-ring (bicyclic) bond motifs is 1. The van der Waals surface area contributed by atoms with Gasteiger partial charge < -0.3 is 5.32 Å². The zero-order chi connectivity index (χ0) is 16.2. The van der Waals surface area contributed by atoms with Crippen LogP contribution in [0.5, 0.6) is 0 Å². The van der Waals surface area contributed by atoms with E-state index in [4.69, 9.17) is 5.10 Å². The lowest BCUT2D eigenvalue weighted by Gasteiger charge is -2.27. The zero-order valence-electron chi connectivity index (χ0n) is 14.5. The molecule has 0 bridgehead atoms. The average molecular weight is 312 g/mol. The molecule has 0 aliphatic carbocycles. The quantitative estimate of drug-likeness (QED) is 0.889. The van der Waals surface area contributed by atoms with Gasteiger partial charge in [0.15, 0.2) is 0 Å². The third kappa shape index (κ3) is 3.65. The van der Waals surface area contributed by atoms with Crippen molar-refractivity contribution < 1.29 is 0 Å². The predicted octanol–water partition coefficient (Wildman–Crippen LogP) is 3.14. The van der Waals surface area contributed by atoms with Gasteiger partial charge in [0.05, 0.1) is 17.1 Å². The lowest BCUT2D eigenvalue weighted by molar-refractivity contribution is 0.252. The number of para-hydroxylation sites is 1. The number of aromatic nitrogens is 2. The third-order valence-electron chi connectivity index (χ3n) is 4.44. The fraction of sp³-hybridized carbons (Fsp3) is 0.526. The monoisotopic (exact) mass is 312 g/mol. The first kappa shape index (κ1) is 16.2. The minimum absolute atomic E-state index is 0.475. The van der Waals surface area contributed by atoms with E-state index >= 15 is 0 Å². The fourth-order valence-corrected chi connectivity index (χ4v) is 3.27. The molecule has 0 amide bonds. The molecule has 0 radical (unpaired) electrons. The van der Waals surface area contributed by atoms with Crippen molar-refractivity contribution in [3.8, 4) is 5.69 Å². The summed E-state index contributed by atoms with van der Waals surface area (Å²) in [4.78, 5) is 2.55. The Labute approximate surface area is 139 Å². The molecular weight excluding hydrogens is 284 g/mol. The van der Waals surface area contributed by atoms with Gasteiger partial charge >= 0.3 is 0 Å². The van der Waals surface area contributed by atoms with E-state index in [9.17, 15) is 0 Å². The van der Waals surface area contributed by atoms with E-state index in [1.54, 1.807) is 0 Å². The van der Waals surface area contributed by atoms with Crippen LogP contribution in [0, 0.1) is 0 Å². The minimum Gasteiger partial charge on any atom is -0.309 e. The number of benzene rings is 1. The molecular formula is C19H28N4. The molecule has 4 nitrogen and oxygen atoms in total. The highest BCUT2D eigenvalue weighted by Gasteiger charge is 2.24. The average Bonchev–Trinajstić information content (AvgIpc) is 2.92. The van der Waals surface area contributed by atoms with E-state index in [0.29, 0.717) is 6.04 Å².